The molecule has 0 aliphatic carbocycles. The highest BCUT2D eigenvalue weighted by molar-refractivity contribution is 6.25. The van der Waals surface area contributed by atoms with Crippen LogP contribution in [0, 0.1) is 0 Å². The fraction of sp³-hybridized carbons (Fsp3) is 0. The summed E-state index contributed by atoms with van der Waals surface area (Å²) in [5.74, 6) is 0. The summed E-state index contributed by atoms with van der Waals surface area (Å²) in [6.07, 6.45) is 0. The summed E-state index contributed by atoms with van der Waals surface area (Å²) >= 11 is 0. The summed E-state index contributed by atoms with van der Waals surface area (Å²) in [6.45, 7) is 0. The summed E-state index contributed by atoms with van der Waals surface area (Å²) in [7, 11) is 0. The normalized spacial score (nSPS) is 11.7. The van der Waals surface area contributed by atoms with E-state index in [-0.39, 0.29) is 0 Å². The standard InChI is InChI=1S/C76H48/c1-3-17-57-47-59(45-35-49(57)15-1)51-31-39-54(40-32-51)73-65-19-5-7-21-67(65)74(68-22-8-6-20-66(68)73)56-43-37-53(38-44-56)61-27-13-29-63-62(61)28-14-30-64(63)76-71-25-11-9-23-69(71)75(70-24-10-12-26-72(70)76)55-41-33-52(34-42-55)60-46-36-50-16-2-4-18-58(50)48-60/h1-48H. The lowest BCUT2D eigenvalue weighted by Crippen LogP contribution is -1.92. The van der Waals surface area contributed by atoms with E-state index in [1.165, 1.54) is 153 Å². The lowest BCUT2D eigenvalue weighted by molar-refractivity contribution is 1.62. The fourth-order valence-electron chi connectivity index (χ4n) is 12.5. The highest BCUT2D eigenvalue weighted by atomic mass is 14.2. The van der Waals surface area contributed by atoms with Gasteiger partial charge < -0.3 is 0 Å². The van der Waals surface area contributed by atoms with Gasteiger partial charge in [0.15, 0.2) is 0 Å². The molecule has 0 aromatic heterocycles. The van der Waals surface area contributed by atoms with Gasteiger partial charge in [0, 0.05) is 0 Å². The lowest BCUT2D eigenvalue weighted by atomic mass is 9.83. The molecule has 0 heterocycles. The molecule has 0 saturated heterocycles. The van der Waals surface area contributed by atoms with Crippen LogP contribution in [0.5, 0.6) is 0 Å². The first kappa shape index (κ1) is 43.7. The van der Waals surface area contributed by atoms with E-state index in [1.807, 2.05) is 0 Å². The minimum atomic E-state index is 1.19. The third kappa shape index (κ3) is 7.22. The van der Waals surface area contributed by atoms with Crippen molar-refractivity contribution in [1.29, 1.82) is 0 Å². The Bertz CT molecular complexity index is 4660. The molecular formula is C76H48. The van der Waals surface area contributed by atoms with Gasteiger partial charge in [0.25, 0.3) is 0 Å². The quantitative estimate of drug-likeness (QED) is 0.140. The molecule has 15 aromatic carbocycles. The molecule has 0 bridgehead atoms. The van der Waals surface area contributed by atoms with Gasteiger partial charge in [-0.05, 0) is 165 Å². The molecule has 0 nitrogen and oxygen atoms in total. The number of fused-ring (bicyclic) bond motifs is 7. The Hall–Kier alpha value is -9.88. The van der Waals surface area contributed by atoms with Crippen molar-refractivity contribution in [2.75, 3.05) is 0 Å². The van der Waals surface area contributed by atoms with Gasteiger partial charge in [-0.15, -0.1) is 0 Å². The van der Waals surface area contributed by atoms with E-state index in [0.29, 0.717) is 0 Å². The van der Waals surface area contributed by atoms with Crippen LogP contribution in [-0.2, 0) is 0 Å². The molecule has 0 spiro atoms. The van der Waals surface area contributed by atoms with E-state index in [4.69, 9.17) is 0 Å². The number of rotatable bonds is 7. The molecular weight excluding hydrogens is 913 g/mol. The molecule has 15 aromatic rings. The predicted molar refractivity (Wildman–Crippen MR) is 327 cm³/mol. The van der Waals surface area contributed by atoms with Gasteiger partial charge in [0.05, 0.1) is 0 Å². The van der Waals surface area contributed by atoms with E-state index in [0.717, 1.165) is 0 Å². The van der Waals surface area contributed by atoms with Gasteiger partial charge >= 0.3 is 0 Å². The fourth-order valence-corrected chi connectivity index (χ4v) is 12.5. The Balaban J connectivity index is 0.811. The second-order valence-electron chi connectivity index (χ2n) is 20.2. The number of hydrogen-bond acceptors (Lipinski definition) is 0. The maximum atomic E-state index is 2.33. The summed E-state index contributed by atoms with van der Waals surface area (Å²) in [5, 5.41) is 17.5. The Morgan fingerprint density at radius 1 is 0.132 bits per heavy atom. The Morgan fingerprint density at radius 2 is 0.395 bits per heavy atom. The van der Waals surface area contributed by atoms with E-state index in [2.05, 4.69) is 291 Å². The first-order chi connectivity index (χ1) is 37.7. The van der Waals surface area contributed by atoms with Crippen LogP contribution in [0.2, 0.25) is 0 Å². The summed E-state index contributed by atoms with van der Waals surface area (Å²) in [4.78, 5) is 0. The van der Waals surface area contributed by atoms with E-state index in [9.17, 15) is 0 Å². The summed E-state index contributed by atoms with van der Waals surface area (Å²) in [6, 6.07) is 108. The number of hydrogen-bond donors (Lipinski definition) is 0. The second kappa shape index (κ2) is 18.0. The molecule has 352 valence electrons. The SMILES string of the molecule is c1ccc2cc(-c3ccc(-c4c5ccccc5c(-c5ccc(-c6cccc7c(-c8c9ccccc9c(-c9ccc(-c%10ccc%11ccccc%11c%10)cc9)c9ccccc89)cccc67)cc5)c5ccccc45)cc3)ccc2c1. The second-order valence-corrected chi connectivity index (χ2v) is 20.2. The average molecular weight is 961 g/mol. The molecule has 0 fully saturated rings. The maximum Gasteiger partial charge on any atom is -0.00201 e. The maximum absolute atomic E-state index is 2.33. The average Bonchev–Trinajstić information content (AvgIpc) is 3.51. The molecule has 0 saturated carbocycles. The summed E-state index contributed by atoms with van der Waals surface area (Å²) in [5.41, 5.74) is 17.2. The molecule has 0 aliphatic rings. The zero-order valence-electron chi connectivity index (χ0n) is 41.7. The van der Waals surface area contributed by atoms with E-state index in [1.54, 1.807) is 0 Å². The number of benzene rings is 15. The van der Waals surface area contributed by atoms with Gasteiger partial charge in [-0.1, -0.05) is 279 Å². The molecule has 0 heteroatoms. The van der Waals surface area contributed by atoms with Crippen molar-refractivity contribution in [3.8, 4) is 77.9 Å². The van der Waals surface area contributed by atoms with Crippen molar-refractivity contribution in [3.63, 3.8) is 0 Å². The van der Waals surface area contributed by atoms with Crippen LogP contribution in [0.15, 0.2) is 291 Å². The van der Waals surface area contributed by atoms with Crippen molar-refractivity contribution in [2.45, 2.75) is 0 Å². The van der Waals surface area contributed by atoms with Crippen LogP contribution in [-0.4, -0.2) is 0 Å². The van der Waals surface area contributed by atoms with Crippen LogP contribution >= 0.6 is 0 Å². The van der Waals surface area contributed by atoms with Crippen molar-refractivity contribution in [1.82, 2.24) is 0 Å². The van der Waals surface area contributed by atoms with Crippen LogP contribution < -0.4 is 0 Å². The molecule has 0 N–H and O–H groups in total. The Morgan fingerprint density at radius 3 is 0.776 bits per heavy atom. The monoisotopic (exact) mass is 960 g/mol. The van der Waals surface area contributed by atoms with Gasteiger partial charge in [0.2, 0.25) is 0 Å². The predicted octanol–water partition coefficient (Wildman–Crippen LogP) is 21.4. The Kier molecular flexibility index (Phi) is 10.3. The van der Waals surface area contributed by atoms with Crippen molar-refractivity contribution < 1.29 is 0 Å². The highest BCUT2D eigenvalue weighted by Crippen LogP contribution is 2.48. The molecule has 15 rings (SSSR count). The van der Waals surface area contributed by atoms with Crippen LogP contribution in [0.25, 0.3) is 153 Å². The minimum Gasteiger partial charge on any atom is -0.0616 e. The first-order valence-corrected chi connectivity index (χ1v) is 26.4. The smallest absolute Gasteiger partial charge is 0.00201 e. The molecule has 0 radical (unpaired) electrons. The largest absolute Gasteiger partial charge is 0.0616 e. The molecule has 0 aliphatic heterocycles. The van der Waals surface area contributed by atoms with Gasteiger partial charge in [-0.25, -0.2) is 0 Å². The van der Waals surface area contributed by atoms with Crippen LogP contribution in [0.4, 0.5) is 0 Å². The van der Waals surface area contributed by atoms with E-state index < -0.39 is 0 Å². The molecule has 76 heavy (non-hydrogen) atoms. The van der Waals surface area contributed by atoms with Crippen molar-refractivity contribution in [3.05, 3.63) is 291 Å². The zero-order valence-corrected chi connectivity index (χ0v) is 41.7. The van der Waals surface area contributed by atoms with Crippen LogP contribution in [0.3, 0.4) is 0 Å². The highest BCUT2D eigenvalue weighted by Gasteiger charge is 2.21. The Labute approximate surface area is 442 Å². The zero-order chi connectivity index (χ0) is 50.1. The first-order valence-electron chi connectivity index (χ1n) is 26.4. The van der Waals surface area contributed by atoms with Crippen molar-refractivity contribution in [2.24, 2.45) is 0 Å². The van der Waals surface area contributed by atoms with Crippen molar-refractivity contribution >= 4 is 75.4 Å². The minimum absolute atomic E-state index is 1.19. The molecule has 0 atom stereocenters. The van der Waals surface area contributed by atoms with Gasteiger partial charge in [-0.3, -0.25) is 0 Å². The van der Waals surface area contributed by atoms with E-state index >= 15 is 0 Å². The third-order valence-electron chi connectivity index (χ3n) is 16.1. The van der Waals surface area contributed by atoms with Gasteiger partial charge in [-0.2, -0.15) is 0 Å². The van der Waals surface area contributed by atoms with Gasteiger partial charge in [0.1, 0.15) is 0 Å². The third-order valence-corrected chi connectivity index (χ3v) is 16.1. The van der Waals surface area contributed by atoms with Crippen LogP contribution in [0.1, 0.15) is 0 Å². The summed E-state index contributed by atoms with van der Waals surface area (Å²) < 4.78 is 0. The molecule has 0 amide bonds. The topological polar surface area (TPSA) is 0 Å². The molecule has 0 unspecified atom stereocenters. The lowest BCUT2D eigenvalue weighted by Gasteiger charge is -2.20.